The lowest BCUT2D eigenvalue weighted by Gasteiger charge is -2.13. The molecule has 0 fully saturated rings. The molecule has 3 aromatic heterocycles. The number of rotatable bonds is 5. The Balaban J connectivity index is 1.85. The van der Waals surface area contributed by atoms with Gasteiger partial charge in [-0.25, -0.2) is 0 Å². The minimum atomic E-state index is -0.450. The van der Waals surface area contributed by atoms with Crippen molar-refractivity contribution in [2.45, 2.75) is 13.5 Å². The number of nitrogens with zero attached hydrogens (tertiary/aromatic N) is 4. The van der Waals surface area contributed by atoms with Crippen LogP contribution in [0.25, 0.3) is 22.0 Å². The molecule has 3 heterocycles. The highest BCUT2D eigenvalue weighted by molar-refractivity contribution is 5.96. The van der Waals surface area contributed by atoms with Gasteiger partial charge < -0.3 is 14.3 Å². The third kappa shape index (κ3) is 3.27. The maximum absolute atomic E-state index is 12.4. The van der Waals surface area contributed by atoms with Crippen molar-refractivity contribution in [3.63, 3.8) is 0 Å². The number of benzene rings is 1. The molecule has 0 saturated carbocycles. The van der Waals surface area contributed by atoms with Crippen LogP contribution in [0.5, 0.6) is 5.75 Å². The second kappa shape index (κ2) is 6.93. The summed E-state index contributed by atoms with van der Waals surface area (Å²) >= 11 is 0. The van der Waals surface area contributed by atoms with Gasteiger partial charge in [0.1, 0.15) is 17.9 Å². The first-order chi connectivity index (χ1) is 13.8. The van der Waals surface area contributed by atoms with Gasteiger partial charge in [-0.3, -0.25) is 19.6 Å². The Labute approximate surface area is 165 Å². The lowest BCUT2D eigenvalue weighted by molar-refractivity contribution is -0.384. The van der Waals surface area contributed by atoms with Crippen LogP contribution in [0.3, 0.4) is 0 Å². The fourth-order valence-corrected chi connectivity index (χ4v) is 3.40. The quantitative estimate of drug-likeness (QED) is 0.414. The first-order valence-electron chi connectivity index (χ1n) is 8.93. The molecule has 9 heteroatoms. The van der Waals surface area contributed by atoms with E-state index >= 15 is 0 Å². The summed E-state index contributed by atoms with van der Waals surface area (Å²) in [6.07, 6.45) is 3.34. The molecule has 9 nitrogen and oxygen atoms in total. The van der Waals surface area contributed by atoms with Crippen LogP contribution in [-0.4, -0.2) is 24.3 Å². The van der Waals surface area contributed by atoms with Gasteiger partial charge in [0, 0.05) is 55.1 Å². The fraction of sp³-hybridized carbons (Fsp3) is 0.200. The Morgan fingerprint density at radius 3 is 2.69 bits per heavy atom. The number of H-pyrrole nitrogens is 1. The van der Waals surface area contributed by atoms with Crippen LogP contribution < -0.4 is 10.3 Å². The molecule has 4 aromatic rings. The van der Waals surface area contributed by atoms with Gasteiger partial charge in [-0.1, -0.05) is 0 Å². The molecule has 0 radical (unpaired) electrons. The number of pyridine rings is 1. The molecule has 0 saturated heterocycles. The van der Waals surface area contributed by atoms with Crippen molar-refractivity contribution in [2.75, 3.05) is 0 Å². The van der Waals surface area contributed by atoms with Crippen molar-refractivity contribution in [2.24, 2.45) is 14.1 Å². The number of hydrogen-bond acceptors (Lipinski definition) is 5. The van der Waals surface area contributed by atoms with E-state index in [4.69, 9.17) is 4.74 Å². The molecule has 148 valence electrons. The standard InChI is InChI=1S/C20H19N5O4/c1-12-8-14(24(3)22-12)11-29-18-5-4-13(25(27)28)9-16(18)17-10-23(2)20(26)19-15(17)6-7-21-19/h4-10,21H,11H2,1-3H3. The zero-order chi connectivity index (χ0) is 20.7. The molecular formula is C20H19N5O4. The van der Waals surface area contributed by atoms with Gasteiger partial charge in [0.2, 0.25) is 0 Å². The number of nitrogens with one attached hydrogen (secondary N) is 1. The summed E-state index contributed by atoms with van der Waals surface area (Å²) in [5.41, 5.74) is 3.17. The third-order valence-electron chi connectivity index (χ3n) is 4.83. The van der Waals surface area contributed by atoms with E-state index in [0.717, 1.165) is 11.4 Å². The van der Waals surface area contributed by atoms with Crippen LogP contribution in [0.2, 0.25) is 0 Å². The SMILES string of the molecule is Cc1cc(COc2ccc([N+](=O)[O-])cc2-c2cn(C)c(=O)c3[nH]ccc23)n(C)n1. The Bertz CT molecular complexity index is 1300. The number of nitro groups is 1. The van der Waals surface area contributed by atoms with Crippen molar-refractivity contribution in [3.05, 3.63) is 74.6 Å². The van der Waals surface area contributed by atoms with Crippen molar-refractivity contribution in [1.29, 1.82) is 0 Å². The summed E-state index contributed by atoms with van der Waals surface area (Å²) in [6, 6.07) is 8.15. The van der Waals surface area contributed by atoms with E-state index in [-0.39, 0.29) is 17.9 Å². The number of ether oxygens (including phenoxy) is 1. The van der Waals surface area contributed by atoms with E-state index in [9.17, 15) is 14.9 Å². The lowest BCUT2D eigenvalue weighted by atomic mass is 10.0. The number of aromatic amines is 1. The molecule has 0 atom stereocenters. The number of aryl methyl sites for hydroxylation is 3. The van der Waals surface area contributed by atoms with E-state index in [1.807, 2.05) is 20.0 Å². The van der Waals surface area contributed by atoms with E-state index in [1.54, 1.807) is 36.3 Å². The van der Waals surface area contributed by atoms with Gasteiger partial charge in [-0.2, -0.15) is 5.10 Å². The minimum Gasteiger partial charge on any atom is -0.487 e. The second-order valence-corrected chi connectivity index (χ2v) is 6.85. The zero-order valence-electron chi connectivity index (χ0n) is 16.2. The van der Waals surface area contributed by atoms with Gasteiger partial charge in [-0.15, -0.1) is 0 Å². The Kier molecular flexibility index (Phi) is 4.42. The third-order valence-corrected chi connectivity index (χ3v) is 4.83. The monoisotopic (exact) mass is 393 g/mol. The minimum absolute atomic E-state index is 0.0544. The first kappa shape index (κ1) is 18.5. The van der Waals surface area contributed by atoms with E-state index < -0.39 is 4.92 Å². The highest BCUT2D eigenvalue weighted by atomic mass is 16.6. The van der Waals surface area contributed by atoms with E-state index in [0.29, 0.717) is 27.8 Å². The number of hydrogen-bond donors (Lipinski definition) is 1. The van der Waals surface area contributed by atoms with Gasteiger partial charge in [0.15, 0.2) is 0 Å². The molecule has 0 unspecified atom stereocenters. The largest absolute Gasteiger partial charge is 0.487 e. The van der Waals surface area contributed by atoms with Crippen LogP contribution in [0.15, 0.2) is 47.5 Å². The summed E-state index contributed by atoms with van der Waals surface area (Å²) in [4.78, 5) is 26.2. The lowest BCUT2D eigenvalue weighted by Crippen LogP contribution is -2.16. The molecule has 29 heavy (non-hydrogen) atoms. The number of fused-ring (bicyclic) bond motifs is 1. The summed E-state index contributed by atoms with van der Waals surface area (Å²) in [6.45, 7) is 2.15. The highest BCUT2D eigenvalue weighted by Crippen LogP contribution is 2.37. The Morgan fingerprint density at radius 2 is 2.00 bits per heavy atom. The fourth-order valence-electron chi connectivity index (χ4n) is 3.40. The molecule has 1 aromatic carbocycles. The number of aromatic nitrogens is 4. The molecule has 1 N–H and O–H groups in total. The summed E-state index contributed by atoms with van der Waals surface area (Å²) < 4.78 is 9.20. The maximum atomic E-state index is 12.4. The molecule has 0 aliphatic heterocycles. The smallest absolute Gasteiger partial charge is 0.274 e. The van der Waals surface area contributed by atoms with Gasteiger partial charge in [-0.05, 0) is 25.1 Å². The topological polar surface area (TPSA) is 108 Å². The highest BCUT2D eigenvalue weighted by Gasteiger charge is 2.18. The number of non-ortho nitro benzene ring substituents is 1. The van der Waals surface area contributed by atoms with Crippen molar-refractivity contribution in [1.82, 2.24) is 19.3 Å². The maximum Gasteiger partial charge on any atom is 0.274 e. The molecule has 0 aliphatic carbocycles. The van der Waals surface area contributed by atoms with Crippen LogP contribution in [0, 0.1) is 17.0 Å². The zero-order valence-corrected chi connectivity index (χ0v) is 16.2. The predicted octanol–water partition coefficient (Wildman–Crippen LogP) is 3.06. The average molecular weight is 393 g/mol. The molecule has 0 spiro atoms. The number of nitro benzene ring substituents is 1. The van der Waals surface area contributed by atoms with Crippen LogP contribution in [0.4, 0.5) is 5.69 Å². The van der Waals surface area contributed by atoms with Crippen LogP contribution >= 0.6 is 0 Å². The first-order valence-corrected chi connectivity index (χ1v) is 8.93. The molecule has 0 aliphatic rings. The predicted molar refractivity (Wildman–Crippen MR) is 108 cm³/mol. The van der Waals surface area contributed by atoms with Gasteiger partial charge in [0.05, 0.1) is 16.3 Å². The summed E-state index contributed by atoms with van der Waals surface area (Å²) in [5.74, 6) is 0.482. The average Bonchev–Trinajstić information content (AvgIpc) is 3.29. The van der Waals surface area contributed by atoms with E-state index in [1.165, 1.54) is 16.7 Å². The summed E-state index contributed by atoms with van der Waals surface area (Å²) in [7, 11) is 3.47. The molecular weight excluding hydrogens is 374 g/mol. The Morgan fingerprint density at radius 1 is 1.21 bits per heavy atom. The normalized spacial score (nSPS) is 11.1. The molecule has 0 bridgehead atoms. The van der Waals surface area contributed by atoms with Gasteiger partial charge >= 0.3 is 0 Å². The molecule has 0 amide bonds. The Hall–Kier alpha value is -3.88. The van der Waals surface area contributed by atoms with Crippen molar-refractivity contribution >= 4 is 16.6 Å². The van der Waals surface area contributed by atoms with Crippen molar-refractivity contribution < 1.29 is 9.66 Å². The molecule has 4 rings (SSSR count). The van der Waals surface area contributed by atoms with Gasteiger partial charge in [0.25, 0.3) is 11.2 Å². The summed E-state index contributed by atoms with van der Waals surface area (Å²) in [5, 5.41) is 16.3. The van der Waals surface area contributed by atoms with Crippen LogP contribution in [0.1, 0.15) is 11.4 Å². The second-order valence-electron chi connectivity index (χ2n) is 6.85. The van der Waals surface area contributed by atoms with Crippen LogP contribution in [-0.2, 0) is 20.7 Å². The van der Waals surface area contributed by atoms with E-state index in [2.05, 4.69) is 10.1 Å². The van der Waals surface area contributed by atoms with Crippen molar-refractivity contribution in [3.8, 4) is 16.9 Å².